The number of aromatic nitrogens is 1. The first-order chi connectivity index (χ1) is 9.81. The van der Waals surface area contributed by atoms with Gasteiger partial charge in [-0.05, 0) is 24.3 Å². The molecule has 2 aromatic rings. The number of aliphatic hydroxyl groups excluding tert-OH is 1. The van der Waals surface area contributed by atoms with Crippen LogP contribution in [0.5, 0.6) is 0 Å². The van der Waals surface area contributed by atoms with E-state index in [9.17, 15) is 4.79 Å². The molecule has 2 aromatic heterocycles. The number of aldehydes is 1. The molecule has 1 unspecified atom stereocenters. The predicted molar refractivity (Wildman–Crippen MR) is 76.7 cm³/mol. The lowest BCUT2D eigenvalue weighted by Gasteiger charge is -2.18. The molecular formula is C14H14N2O3S. The van der Waals surface area contributed by atoms with Crippen LogP contribution in [0.2, 0.25) is 0 Å². The van der Waals surface area contributed by atoms with Crippen molar-refractivity contribution in [2.45, 2.75) is 12.3 Å². The monoisotopic (exact) mass is 290 g/mol. The molecule has 5 nitrogen and oxygen atoms in total. The number of rotatable bonds is 4. The zero-order chi connectivity index (χ0) is 13.9. The third kappa shape index (κ3) is 2.45. The molecule has 1 aliphatic rings. The summed E-state index contributed by atoms with van der Waals surface area (Å²) in [5.74, 6) is 0. The number of ether oxygens (including phenoxy) is 1. The van der Waals surface area contributed by atoms with Crippen molar-refractivity contribution < 1.29 is 14.6 Å². The normalized spacial score (nSPS) is 22.1. The second kappa shape index (κ2) is 5.70. The van der Waals surface area contributed by atoms with Crippen molar-refractivity contribution in [3.63, 3.8) is 0 Å². The van der Waals surface area contributed by atoms with E-state index in [-0.39, 0.29) is 12.7 Å². The molecule has 6 heteroatoms. The maximum Gasteiger partial charge on any atom is 0.187 e. The first-order valence-corrected chi connectivity index (χ1v) is 7.13. The van der Waals surface area contributed by atoms with Gasteiger partial charge in [0.15, 0.2) is 12.5 Å². The van der Waals surface area contributed by atoms with Gasteiger partial charge in [0.05, 0.1) is 28.7 Å². The van der Waals surface area contributed by atoms with Crippen molar-refractivity contribution in [2.75, 3.05) is 18.1 Å². The average Bonchev–Trinajstić information content (AvgIpc) is 3.14. The Labute approximate surface area is 120 Å². The largest absolute Gasteiger partial charge is 0.394 e. The lowest BCUT2D eigenvalue weighted by molar-refractivity contribution is -0.117. The zero-order valence-electron chi connectivity index (χ0n) is 10.7. The Kier molecular flexibility index (Phi) is 3.77. The summed E-state index contributed by atoms with van der Waals surface area (Å²) in [5.41, 5.74) is 0.908. The fourth-order valence-corrected chi connectivity index (χ4v) is 3.21. The Morgan fingerprint density at radius 2 is 2.35 bits per heavy atom. The maximum absolute atomic E-state index is 11.1. The van der Waals surface area contributed by atoms with Gasteiger partial charge in [-0.1, -0.05) is 6.07 Å². The maximum atomic E-state index is 11.1. The molecule has 104 valence electrons. The molecule has 1 fully saturated rings. The molecule has 0 spiro atoms. The fraction of sp³-hybridized carbons (Fsp3) is 0.286. The Morgan fingerprint density at radius 3 is 3.05 bits per heavy atom. The van der Waals surface area contributed by atoms with E-state index in [0.29, 0.717) is 6.54 Å². The van der Waals surface area contributed by atoms with Crippen molar-refractivity contribution in [3.8, 4) is 10.6 Å². The number of pyridine rings is 1. The molecule has 2 atom stereocenters. The summed E-state index contributed by atoms with van der Waals surface area (Å²) in [5, 5.41) is 10.1. The molecule has 1 N–H and O–H groups in total. The van der Waals surface area contributed by atoms with Crippen LogP contribution in [0.15, 0.2) is 36.5 Å². The molecule has 3 heterocycles. The number of carbonyl (C=O) groups is 1. The summed E-state index contributed by atoms with van der Waals surface area (Å²) in [6.07, 6.45) is 1.58. The van der Waals surface area contributed by atoms with E-state index in [4.69, 9.17) is 9.84 Å². The molecule has 0 saturated carbocycles. The van der Waals surface area contributed by atoms with Gasteiger partial charge >= 0.3 is 0 Å². The lowest BCUT2D eigenvalue weighted by atomic mass is 10.3. The lowest BCUT2D eigenvalue weighted by Crippen LogP contribution is -2.30. The number of hydrogen-bond acceptors (Lipinski definition) is 6. The zero-order valence-corrected chi connectivity index (χ0v) is 11.5. The van der Waals surface area contributed by atoms with Crippen LogP contribution in [0, 0.1) is 0 Å². The Hall–Kier alpha value is -1.76. The third-order valence-corrected chi connectivity index (χ3v) is 4.30. The first-order valence-electron chi connectivity index (χ1n) is 6.31. The van der Waals surface area contributed by atoms with E-state index in [2.05, 4.69) is 4.98 Å². The van der Waals surface area contributed by atoms with E-state index in [1.165, 1.54) is 0 Å². The van der Waals surface area contributed by atoms with E-state index >= 15 is 0 Å². The molecule has 0 amide bonds. The predicted octanol–water partition coefficient (Wildman–Crippen LogP) is 1.53. The second-order valence-corrected chi connectivity index (χ2v) is 5.53. The molecule has 0 radical (unpaired) electrons. The third-order valence-electron chi connectivity index (χ3n) is 3.15. The van der Waals surface area contributed by atoms with Gasteiger partial charge in [0, 0.05) is 6.20 Å². The number of aliphatic hydroxyl groups is 1. The van der Waals surface area contributed by atoms with Gasteiger partial charge in [-0.25, -0.2) is 0 Å². The van der Waals surface area contributed by atoms with Crippen molar-refractivity contribution >= 4 is 22.6 Å². The van der Waals surface area contributed by atoms with E-state index in [1.807, 2.05) is 35.2 Å². The van der Waals surface area contributed by atoms with Gasteiger partial charge < -0.3 is 14.7 Å². The van der Waals surface area contributed by atoms with E-state index in [1.54, 1.807) is 17.5 Å². The summed E-state index contributed by atoms with van der Waals surface area (Å²) in [6, 6.07) is 9.70. The highest BCUT2D eigenvalue weighted by Gasteiger charge is 2.33. The molecule has 1 saturated heterocycles. The Balaban J connectivity index is 1.85. The highest BCUT2D eigenvalue weighted by Crippen LogP contribution is 2.35. The van der Waals surface area contributed by atoms with Gasteiger partial charge in [0.2, 0.25) is 0 Å². The fourth-order valence-electron chi connectivity index (χ4n) is 2.19. The molecule has 0 aliphatic carbocycles. The standard InChI is InChI=1S/C14H14N2O3S/c17-8-10-7-16(13(9-18)19-10)14-5-4-12(20-14)11-3-1-2-6-15-11/h1-6,9-10,13,17H,7-8H2/t10-,13?/m1/s1. The summed E-state index contributed by atoms with van der Waals surface area (Å²) >= 11 is 1.56. The summed E-state index contributed by atoms with van der Waals surface area (Å²) in [4.78, 5) is 18.3. The van der Waals surface area contributed by atoms with Crippen molar-refractivity contribution in [2.24, 2.45) is 0 Å². The topological polar surface area (TPSA) is 62.7 Å². The highest BCUT2D eigenvalue weighted by atomic mass is 32.1. The van der Waals surface area contributed by atoms with Crippen LogP contribution in [0.3, 0.4) is 0 Å². The van der Waals surface area contributed by atoms with Crippen LogP contribution in [0.25, 0.3) is 10.6 Å². The van der Waals surface area contributed by atoms with Crippen LogP contribution >= 0.6 is 11.3 Å². The molecule has 20 heavy (non-hydrogen) atoms. The minimum Gasteiger partial charge on any atom is -0.394 e. The summed E-state index contributed by atoms with van der Waals surface area (Å²) in [7, 11) is 0. The molecular weight excluding hydrogens is 276 g/mol. The van der Waals surface area contributed by atoms with Crippen LogP contribution in [-0.2, 0) is 9.53 Å². The molecule has 0 aromatic carbocycles. The van der Waals surface area contributed by atoms with Gasteiger partial charge in [-0.2, -0.15) is 0 Å². The number of carbonyl (C=O) groups excluding carboxylic acids is 1. The van der Waals surface area contributed by atoms with Crippen LogP contribution in [-0.4, -0.2) is 41.9 Å². The molecule has 3 rings (SSSR count). The second-order valence-electron chi connectivity index (χ2n) is 4.47. The van der Waals surface area contributed by atoms with Crippen molar-refractivity contribution in [1.29, 1.82) is 0 Å². The van der Waals surface area contributed by atoms with Gasteiger partial charge in [-0.3, -0.25) is 9.78 Å². The van der Waals surface area contributed by atoms with E-state index < -0.39 is 6.23 Å². The minimum absolute atomic E-state index is 0.0840. The smallest absolute Gasteiger partial charge is 0.187 e. The van der Waals surface area contributed by atoms with Gasteiger partial charge in [0.1, 0.15) is 6.10 Å². The highest BCUT2D eigenvalue weighted by molar-refractivity contribution is 7.19. The Bertz CT molecular complexity index is 587. The number of anilines is 1. The molecule has 1 aliphatic heterocycles. The number of thiophene rings is 1. The van der Waals surface area contributed by atoms with Gasteiger partial charge in [0.25, 0.3) is 0 Å². The van der Waals surface area contributed by atoms with Crippen molar-refractivity contribution in [1.82, 2.24) is 4.98 Å². The summed E-state index contributed by atoms with van der Waals surface area (Å²) in [6.45, 7) is 0.432. The SMILES string of the molecule is O=CC1O[C@@H](CO)CN1c1ccc(-c2ccccn2)s1. The van der Waals surface area contributed by atoms with Crippen LogP contribution < -0.4 is 4.90 Å². The van der Waals surface area contributed by atoms with Gasteiger partial charge in [-0.15, -0.1) is 11.3 Å². The number of hydrogen-bond donors (Lipinski definition) is 1. The average molecular weight is 290 g/mol. The first kappa shape index (κ1) is 13.2. The Morgan fingerprint density at radius 1 is 1.45 bits per heavy atom. The van der Waals surface area contributed by atoms with Crippen LogP contribution in [0.4, 0.5) is 5.00 Å². The van der Waals surface area contributed by atoms with Crippen LogP contribution in [0.1, 0.15) is 0 Å². The quantitative estimate of drug-likeness (QED) is 0.865. The van der Waals surface area contributed by atoms with Crippen molar-refractivity contribution in [3.05, 3.63) is 36.5 Å². The minimum atomic E-state index is -0.623. The number of nitrogens with zero attached hydrogens (tertiary/aromatic N) is 2. The summed E-state index contributed by atoms with van der Waals surface area (Å²) < 4.78 is 5.44. The molecule has 0 bridgehead atoms. The van der Waals surface area contributed by atoms with E-state index in [0.717, 1.165) is 21.9 Å².